The highest BCUT2D eigenvalue weighted by Gasteiger charge is 2.28. The molecule has 0 spiro atoms. The molecule has 0 N–H and O–H groups in total. The van der Waals surface area contributed by atoms with Crippen LogP contribution in [0.2, 0.25) is 0 Å². The van der Waals surface area contributed by atoms with Crippen molar-refractivity contribution in [3.8, 4) is 0 Å². The number of benzene rings is 1. The molecule has 6 heteroatoms. The second-order valence-corrected chi connectivity index (χ2v) is 5.78. The quantitative estimate of drug-likeness (QED) is 0.833. The minimum Gasteiger partial charge on any atom is -0.444 e. The van der Waals surface area contributed by atoms with Crippen LogP contribution in [0.15, 0.2) is 34.8 Å². The average Bonchev–Trinajstić information content (AvgIpc) is 2.81. The predicted molar refractivity (Wildman–Crippen MR) is 83.3 cm³/mol. The van der Waals surface area contributed by atoms with Crippen molar-refractivity contribution in [2.24, 2.45) is 0 Å². The number of fused-ring (bicyclic) bond motifs is 1. The summed E-state index contributed by atoms with van der Waals surface area (Å²) in [6.07, 6.45) is 0.543. The molecule has 5 nitrogen and oxygen atoms in total. The Kier molecular flexibility index (Phi) is 3.96. The number of carbonyl (C=O) groups is 1. The van der Waals surface area contributed by atoms with Gasteiger partial charge in [0, 0.05) is 13.1 Å². The van der Waals surface area contributed by atoms with Gasteiger partial charge in [0.2, 0.25) is 0 Å². The largest absolute Gasteiger partial charge is 0.444 e. The summed E-state index contributed by atoms with van der Waals surface area (Å²) in [4.78, 5) is 14.0. The minimum atomic E-state index is -0.333. The molecule has 0 bridgehead atoms. The maximum absolute atomic E-state index is 12.3. The van der Waals surface area contributed by atoms with Crippen LogP contribution in [-0.4, -0.2) is 22.4 Å². The van der Waals surface area contributed by atoms with Crippen LogP contribution in [-0.2, 0) is 17.9 Å². The molecule has 0 saturated carbocycles. The third-order valence-corrected chi connectivity index (χ3v) is 4.39. The summed E-state index contributed by atoms with van der Waals surface area (Å²) in [6, 6.07) is 9.67. The zero-order chi connectivity index (χ0) is 14.8. The molecule has 0 radical (unpaired) electrons. The van der Waals surface area contributed by atoms with Gasteiger partial charge in [-0.25, -0.2) is 9.48 Å². The molecule has 3 rings (SSSR count). The lowest BCUT2D eigenvalue weighted by atomic mass is 10.2. The number of aryl methyl sites for hydroxylation is 2. The van der Waals surface area contributed by atoms with Gasteiger partial charge in [-0.15, -0.1) is 0 Å². The van der Waals surface area contributed by atoms with E-state index in [1.807, 2.05) is 41.9 Å². The molecule has 1 aromatic heterocycles. The number of carbonyl (C=O) groups excluding carboxylic acids is 1. The molecule has 21 heavy (non-hydrogen) atoms. The zero-order valence-electron chi connectivity index (χ0n) is 11.8. The molecule has 1 aliphatic rings. The molecule has 0 atom stereocenters. The lowest BCUT2D eigenvalue weighted by molar-refractivity contribution is 0.145. The predicted octanol–water partition coefficient (Wildman–Crippen LogP) is 3.50. The Bertz CT molecular complexity index is 654. The Labute approximate surface area is 131 Å². The molecule has 110 valence electrons. The Morgan fingerprint density at radius 2 is 2.10 bits per heavy atom. The van der Waals surface area contributed by atoms with Gasteiger partial charge in [0.25, 0.3) is 0 Å². The molecular formula is C15H16BrN3O2. The van der Waals surface area contributed by atoms with E-state index < -0.39 is 0 Å². The summed E-state index contributed by atoms with van der Waals surface area (Å²) in [7, 11) is 0. The normalized spacial score (nSPS) is 13.9. The maximum Gasteiger partial charge on any atom is 0.415 e. The van der Waals surface area contributed by atoms with Crippen LogP contribution in [0.25, 0.3) is 0 Å². The van der Waals surface area contributed by atoms with Crippen molar-refractivity contribution in [1.29, 1.82) is 0 Å². The Morgan fingerprint density at radius 1 is 1.33 bits per heavy atom. The van der Waals surface area contributed by atoms with E-state index in [0.29, 0.717) is 6.54 Å². The van der Waals surface area contributed by atoms with Crippen LogP contribution in [0.1, 0.15) is 17.7 Å². The SMILES string of the molecule is Cc1nn2c(c1Br)N(C(=O)OCc1ccccc1)CCC2. The number of hydrogen-bond donors (Lipinski definition) is 0. The fourth-order valence-electron chi connectivity index (χ4n) is 2.42. The lowest BCUT2D eigenvalue weighted by Crippen LogP contribution is -2.38. The molecule has 0 unspecified atom stereocenters. The maximum atomic E-state index is 12.3. The first-order chi connectivity index (χ1) is 10.2. The topological polar surface area (TPSA) is 47.4 Å². The van der Waals surface area contributed by atoms with Gasteiger partial charge in [-0.1, -0.05) is 30.3 Å². The third kappa shape index (κ3) is 2.81. The lowest BCUT2D eigenvalue weighted by Gasteiger charge is -2.27. The zero-order valence-corrected chi connectivity index (χ0v) is 13.3. The van der Waals surface area contributed by atoms with E-state index in [-0.39, 0.29) is 12.7 Å². The van der Waals surface area contributed by atoms with E-state index in [9.17, 15) is 4.79 Å². The van der Waals surface area contributed by atoms with Gasteiger partial charge in [-0.3, -0.25) is 4.90 Å². The van der Waals surface area contributed by atoms with Crippen molar-refractivity contribution in [1.82, 2.24) is 9.78 Å². The summed E-state index contributed by atoms with van der Waals surface area (Å²) in [5.41, 5.74) is 1.86. The van der Waals surface area contributed by atoms with E-state index >= 15 is 0 Å². The first-order valence-electron chi connectivity index (χ1n) is 6.88. The summed E-state index contributed by atoms with van der Waals surface area (Å²) >= 11 is 3.51. The van der Waals surface area contributed by atoms with Gasteiger partial charge in [0.1, 0.15) is 6.61 Å². The molecule has 1 aliphatic heterocycles. The fraction of sp³-hybridized carbons (Fsp3) is 0.333. The van der Waals surface area contributed by atoms with Gasteiger partial charge in [0.15, 0.2) is 5.82 Å². The average molecular weight is 350 g/mol. The van der Waals surface area contributed by atoms with Crippen LogP contribution in [0, 0.1) is 6.92 Å². The van der Waals surface area contributed by atoms with Gasteiger partial charge in [-0.05, 0) is 34.8 Å². The van der Waals surface area contributed by atoms with E-state index in [1.165, 1.54) is 0 Å². The highest BCUT2D eigenvalue weighted by atomic mass is 79.9. The Hall–Kier alpha value is -1.82. The Morgan fingerprint density at radius 3 is 2.86 bits per heavy atom. The summed E-state index contributed by atoms with van der Waals surface area (Å²) in [5, 5.41) is 4.42. The van der Waals surface area contributed by atoms with E-state index in [1.54, 1.807) is 4.90 Å². The first-order valence-corrected chi connectivity index (χ1v) is 7.67. The van der Waals surface area contributed by atoms with Crippen molar-refractivity contribution in [3.05, 3.63) is 46.1 Å². The number of amides is 1. The second-order valence-electron chi connectivity index (χ2n) is 4.99. The summed E-state index contributed by atoms with van der Waals surface area (Å²) in [6.45, 7) is 3.67. The molecule has 0 saturated heterocycles. The van der Waals surface area contributed by atoms with Crippen molar-refractivity contribution < 1.29 is 9.53 Å². The number of halogens is 1. The molecular weight excluding hydrogens is 334 g/mol. The number of anilines is 1. The monoisotopic (exact) mass is 349 g/mol. The number of hydrogen-bond acceptors (Lipinski definition) is 3. The highest BCUT2D eigenvalue weighted by molar-refractivity contribution is 9.10. The number of ether oxygens (including phenoxy) is 1. The van der Waals surface area contributed by atoms with E-state index in [2.05, 4.69) is 21.0 Å². The molecule has 0 fully saturated rings. The van der Waals surface area contributed by atoms with Crippen LogP contribution in [0.3, 0.4) is 0 Å². The van der Waals surface area contributed by atoms with Crippen molar-refractivity contribution in [2.75, 3.05) is 11.4 Å². The van der Waals surface area contributed by atoms with Gasteiger partial charge in [-0.2, -0.15) is 5.10 Å². The van der Waals surface area contributed by atoms with Crippen LogP contribution in [0.4, 0.5) is 10.6 Å². The minimum absolute atomic E-state index is 0.279. The van der Waals surface area contributed by atoms with Crippen LogP contribution >= 0.6 is 15.9 Å². The number of nitrogens with zero attached hydrogens (tertiary/aromatic N) is 3. The first kappa shape index (κ1) is 14.1. The third-order valence-electron chi connectivity index (χ3n) is 3.46. The fourth-order valence-corrected chi connectivity index (χ4v) is 2.92. The molecule has 1 aromatic carbocycles. The molecule has 1 amide bonds. The molecule has 0 aliphatic carbocycles. The van der Waals surface area contributed by atoms with Gasteiger partial charge >= 0.3 is 6.09 Å². The van der Waals surface area contributed by atoms with Crippen molar-refractivity contribution in [2.45, 2.75) is 26.5 Å². The summed E-state index contributed by atoms with van der Waals surface area (Å²) in [5.74, 6) is 0.789. The number of rotatable bonds is 2. The van der Waals surface area contributed by atoms with Crippen LogP contribution in [0.5, 0.6) is 0 Å². The van der Waals surface area contributed by atoms with Gasteiger partial charge < -0.3 is 4.74 Å². The van der Waals surface area contributed by atoms with E-state index in [0.717, 1.165) is 34.5 Å². The standard InChI is InChI=1S/C15H16BrN3O2/c1-11-13(16)14-18(8-5-9-19(14)17-11)15(20)21-10-12-6-3-2-4-7-12/h2-4,6-7H,5,8-10H2,1H3. The van der Waals surface area contributed by atoms with Crippen molar-refractivity contribution >= 4 is 27.8 Å². The second kappa shape index (κ2) is 5.89. The Balaban J connectivity index is 1.74. The number of aromatic nitrogens is 2. The molecule has 2 heterocycles. The van der Waals surface area contributed by atoms with Crippen LogP contribution < -0.4 is 4.90 Å². The van der Waals surface area contributed by atoms with Gasteiger partial charge in [0.05, 0.1) is 10.2 Å². The summed E-state index contributed by atoms with van der Waals surface area (Å²) < 4.78 is 8.13. The highest BCUT2D eigenvalue weighted by Crippen LogP contribution is 2.32. The smallest absolute Gasteiger partial charge is 0.415 e. The van der Waals surface area contributed by atoms with Crippen molar-refractivity contribution in [3.63, 3.8) is 0 Å². The molecule has 2 aromatic rings. The van der Waals surface area contributed by atoms with E-state index in [4.69, 9.17) is 4.74 Å².